The number of ether oxygens (including phenoxy) is 1. The molecule has 0 fully saturated rings. The van der Waals surface area contributed by atoms with Crippen molar-refractivity contribution in [2.75, 3.05) is 6.61 Å². The van der Waals surface area contributed by atoms with Gasteiger partial charge >= 0.3 is 0 Å². The van der Waals surface area contributed by atoms with Crippen molar-refractivity contribution in [3.05, 3.63) is 0 Å². The molecule has 0 heterocycles. The predicted molar refractivity (Wildman–Crippen MR) is 65.1 cm³/mol. The Morgan fingerprint density at radius 3 is 2.20 bits per heavy atom. The highest BCUT2D eigenvalue weighted by molar-refractivity contribution is 4.68. The fourth-order valence-corrected chi connectivity index (χ4v) is 1.85. The van der Waals surface area contributed by atoms with E-state index in [2.05, 4.69) is 13.8 Å². The van der Waals surface area contributed by atoms with Crippen LogP contribution in [0.1, 0.15) is 65.7 Å². The molecule has 2 heteroatoms. The Kier molecular flexibility index (Phi) is 10.4. The average Bonchev–Trinajstić information content (AvgIpc) is 2.24. The zero-order chi connectivity index (χ0) is 11.5. The third-order valence-electron chi connectivity index (χ3n) is 2.74. The van der Waals surface area contributed by atoms with E-state index >= 15 is 0 Å². The Bertz CT molecular complexity index is 120. The van der Waals surface area contributed by atoms with E-state index in [4.69, 9.17) is 4.74 Å². The first-order chi connectivity index (χ1) is 7.26. The molecule has 1 N–H and O–H groups in total. The van der Waals surface area contributed by atoms with Gasteiger partial charge in [0.15, 0.2) is 0 Å². The fourth-order valence-electron chi connectivity index (χ4n) is 1.85. The summed E-state index contributed by atoms with van der Waals surface area (Å²) in [7, 11) is 0. The van der Waals surface area contributed by atoms with E-state index in [-0.39, 0.29) is 12.2 Å². The third-order valence-corrected chi connectivity index (χ3v) is 2.74. The SMILES string of the molecule is CCCCCCC(O)C(CCC)OCC. The van der Waals surface area contributed by atoms with Crippen LogP contribution in [0.25, 0.3) is 0 Å². The first-order valence-electron chi connectivity index (χ1n) is 6.55. The highest BCUT2D eigenvalue weighted by Gasteiger charge is 2.17. The zero-order valence-electron chi connectivity index (χ0n) is 10.7. The average molecular weight is 216 g/mol. The molecule has 0 aliphatic rings. The van der Waals surface area contributed by atoms with Crippen LogP contribution in [0.4, 0.5) is 0 Å². The van der Waals surface area contributed by atoms with Gasteiger partial charge in [-0.3, -0.25) is 0 Å². The molecule has 0 saturated heterocycles. The van der Waals surface area contributed by atoms with Crippen molar-refractivity contribution in [2.24, 2.45) is 0 Å². The number of aliphatic hydroxyl groups is 1. The second-order valence-electron chi connectivity index (χ2n) is 4.20. The van der Waals surface area contributed by atoms with Gasteiger partial charge < -0.3 is 9.84 Å². The number of rotatable bonds is 10. The molecule has 15 heavy (non-hydrogen) atoms. The number of hydrogen-bond acceptors (Lipinski definition) is 2. The Morgan fingerprint density at radius 1 is 0.933 bits per heavy atom. The molecule has 0 aliphatic heterocycles. The molecule has 0 radical (unpaired) electrons. The van der Waals surface area contributed by atoms with E-state index in [0.29, 0.717) is 6.61 Å². The van der Waals surface area contributed by atoms with Gasteiger partial charge in [-0.05, 0) is 19.8 Å². The minimum Gasteiger partial charge on any atom is -0.390 e. The molecule has 92 valence electrons. The normalized spacial score (nSPS) is 15.2. The summed E-state index contributed by atoms with van der Waals surface area (Å²) < 4.78 is 5.55. The summed E-state index contributed by atoms with van der Waals surface area (Å²) in [6.45, 7) is 7.04. The lowest BCUT2D eigenvalue weighted by Gasteiger charge is -2.22. The lowest BCUT2D eigenvalue weighted by Crippen LogP contribution is -2.29. The van der Waals surface area contributed by atoms with Gasteiger partial charge in [0.1, 0.15) is 0 Å². The van der Waals surface area contributed by atoms with E-state index in [1.165, 1.54) is 19.3 Å². The van der Waals surface area contributed by atoms with E-state index in [9.17, 15) is 5.11 Å². The van der Waals surface area contributed by atoms with Crippen molar-refractivity contribution in [1.82, 2.24) is 0 Å². The Labute approximate surface area is 95.0 Å². The summed E-state index contributed by atoms with van der Waals surface area (Å²) in [4.78, 5) is 0. The van der Waals surface area contributed by atoms with Gasteiger partial charge in [0.2, 0.25) is 0 Å². The summed E-state index contributed by atoms with van der Waals surface area (Å²) in [6, 6.07) is 0. The van der Waals surface area contributed by atoms with Gasteiger partial charge in [-0.25, -0.2) is 0 Å². The molecule has 2 atom stereocenters. The van der Waals surface area contributed by atoms with Crippen LogP contribution in [0, 0.1) is 0 Å². The zero-order valence-corrected chi connectivity index (χ0v) is 10.7. The van der Waals surface area contributed by atoms with E-state index in [0.717, 1.165) is 25.7 Å². The van der Waals surface area contributed by atoms with Crippen molar-refractivity contribution in [3.8, 4) is 0 Å². The molecule has 0 aromatic carbocycles. The van der Waals surface area contributed by atoms with Crippen molar-refractivity contribution < 1.29 is 9.84 Å². The second kappa shape index (κ2) is 10.4. The summed E-state index contributed by atoms with van der Waals surface area (Å²) in [5.41, 5.74) is 0. The van der Waals surface area contributed by atoms with Crippen molar-refractivity contribution >= 4 is 0 Å². The van der Waals surface area contributed by atoms with Crippen LogP contribution >= 0.6 is 0 Å². The largest absolute Gasteiger partial charge is 0.390 e. The molecular weight excluding hydrogens is 188 g/mol. The van der Waals surface area contributed by atoms with Crippen LogP contribution in [0.3, 0.4) is 0 Å². The molecule has 0 aliphatic carbocycles. The van der Waals surface area contributed by atoms with Gasteiger partial charge in [0.25, 0.3) is 0 Å². The molecule has 0 bridgehead atoms. The monoisotopic (exact) mass is 216 g/mol. The Balaban J connectivity index is 3.65. The number of aliphatic hydroxyl groups excluding tert-OH is 1. The molecule has 0 amide bonds. The van der Waals surface area contributed by atoms with E-state index in [1.54, 1.807) is 0 Å². The Morgan fingerprint density at radius 2 is 1.67 bits per heavy atom. The predicted octanol–water partition coefficient (Wildman–Crippen LogP) is 3.52. The molecule has 0 aromatic heterocycles. The van der Waals surface area contributed by atoms with Gasteiger partial charge in [0, 0.05) is 6.61 Å². The maximum Gasteiger partial charge on any atom is 0.0833 e. The van der Waals surface area contributed by atoms with Crippen molar-refractivity contribution in [2.45, 2.75) is 77.9 Å². The summed E-state index contributed by atoms with van der Waals surface area (Å²) in [5.74, 6) is 0. The van der Waals surface area contributed by atoms with Crippen molar-refractivity contribution in [1.29, 1.82) is 0 Å². The van der Waals surface area contributed by atoms with Crippen LogP contribution in [-0.4, -0.2) is 23.9 Å². The number of unbranched alkanes of at least 4 members (excludes halogenated alkanes) is 3. The van der Waals surface area contributed by atoms with Gasteiger partial charge in [0.05, 0.1) is 12.2 Å². The highest BCUT2D eigenvalue weighted by atomic mass is 16.5. The maximum atomic E-state index is 9.95. The molecule has 2 nitrogen and oxygen atoms in total. The van der Waals surface area contributed by atoms with Gasteiger partial charge in [-0.15, -0.1) is 0 Å². The first kappa shape index (κ1) is 14.9. The van der Waals surface area contributed by atoms with Gasteiger partial charge in [-0.1, -0.05) is 46.0 Å². The van der Waals surface area contributed by atoms with E-state index in [1.807, 2.05) is 6.92 Å². The van der Waals surface area contributed by atoms with Crippen LogP contribution in [-0.2, 0) is 4.74 Å². The van der Waals surface area contributed by atoms with Crippen LogP contribution in [0.15, 0.2) is 0 Å². The molecule has 0 saturated carbocycles. The summed E-state index contributed by atoms with van der Waals surface area (Å²) in [5, 5.41) is 9.95. The topological polar surface area (TPSA) is 29.5 Å². The first-order valence-corrected chi connectivity index (χ1v) is 6.55. The Hall–Kier alpha value is -0.0800. The molecular formula is C13H28O2. The lowest BCUT2D eigenvalue weighted by molar-refractivity contribution is -0.0408. The quantitative estimate of drug-likeness (QED) is 0.566. The molecule has 0 aromatic rings. The minimum absolute atomic E-state index is 0.0571. The maximum absolute atomic E-state index is 9.95. The van der Waals surface area contributed by atoms with Crippen LogP contribution in [0.5, 0.6) is 0 Å². The molecule has 0 rings (SSSR count). The van der Waals surface area contributed by atoms with Crippen molar-refractivity contribution in [3.63, 3.8) is 0 Å². The second-order valence-corrected chi connectivity index (χ2v) is 4.20. The van der Waals surface area contributed by atoms with Gasteiger partial charge in [-0.2, -0.15) is 0 Å². The number of hydrogen-bond donors (Lipinski definition) is 1. The molecule has 2 unspecified atom stereocenters. The van der Waals surface area contributed by atoms with Crippen LogP contribution in [0.2, 0.25) is 0 Å². The third kappa shape index (κ3) is 7.80. The molecule has 0 spiro atoms. The fraction of sp³-hybridized carbons (Fsp3) is 1.00. The standard InChI is InChI=1S/C13H28O2/c1-4-7-8-9-11-12(14)13(10-5-2)15-6-3/h12-14H,4-11H2,1-3H3. The summed E-state index contributed by atoms with van der Waals surface area (Å²) in [6.07, 6.45) is 7.63. The minimum atomic E-state index is -0.262. The highest BCUT2D eigenvalue weighted by Crippen LogP contribution is 2.14. The van der Waals surface area contributed by atoms with E-state index < -0.39 is 0 Å². The lowest BCUT2D eigenvalue weighted by atomic mass is 10.0. The smallest absolute Gasteiger partial charge is 0.0833 e. The van der Waals surface area contributed by atoms with Crippen LogP contribution < -0.4 is 0 Å². The summed E-state index contributed by atoms with van der Waals surface area (Å²) >= 11 is 0.